The standard InChI is InChI=1S/C24H18ClFN2O2/c1-16-4-2-3-5-22(16)28-24(29)19(14-27)12-18-8-11-23(21(25)13-18)30-15-17-6-9-20(26)10-7-17/h2-13H,15H2,1H3,(H,28,29)/b19-12+. The molecule has 150 valence electrons. The molecule has 3 aromatic rings. The van der Waals surface area contributed by atoms with Crippen molar-refractivity contribution in [2.75, 3.05) is 5.32 Å². The second-order valence-electron chi connectivity index (χ2n) is 6.54. The van der Waals surface area contributed by atoms with Crippen LogP contribution in [0.4, 0.5) is 10.1 Å². The molecule has 0 aliphatic heterocycles. The van der Waals surface area contributed by atoms with Crippen LogP contribution in [0.3, 0.4) is 0 Å². The van der Waals surface area contributed by atoms with Gasteiger partial charge in [-0.1, -0.05) is 48.0 Å². The Morgan fingerprint density at radius 1 is 1.17 bits per heavy atom. The van der Waals surface area contributed by atoms with E-state index in [2.05, 4.69) is 5.32 Å². The Balaban J connectivity index is 1.71. The van der Waals surface area contributed by atoms with Gasteiger partial charge in [-0.25, -0.2) is 4.39 Å². The predicted octanol–water partition coefficient (Wildman–Crippen LogP) is 5.91. The highest BCUT2D eigenvalue weighted by Crippen LogP contribution is 2.27. The number of benzene rings is 3. The monoisotopic (exact) mass is 420 g/mol. The third-order valence-corrected chi connectivity index (χ3v) is 4.63. The molecule has 0 atom stereocenters. The van der Waals surface area contributed by atoms with E-state index < -0.39 is 5.91 Å². The third-order valence-electron chi connectivity index (χ3n) is 4.33. The van der Waals surface area contributed by atoms with E-state index in [1.807, 2.05) is 31.2 Å². The summed E-state index contributed by atoms with van der Waals surface area (Å²) in [5.74, 6) is -0.367. The molecule has 0 aromatic heterocycles. The number of hydrogen-bond donors (Lipinski definition) is 1. The number of carbonyl (C=O) groups excluding carboxylic acids is 1. The molecule has 0 aliphatic rings. The van der Waals surface area contributed by atoms with Crippen LogP contribution in [0, 0.1) is 24.1 Å². The maximum absolute atomic E-state index is 13.0. The second kappa shape index (κ2) is 9.73. The van der Waals surface area contributed by atoms with Gasteiger partial charge in [0, 0.05) is 5.69 Å². The smallest absolute Gasteiger partial charge is 0.266 e. The highest BCUT2D eigenvalue weighted by atomic mass is 35.5. The number of hydrogen-bond acceptors (Lipinski definition) is 3. The molecule has 6 heteroatoms. The first-order chi connectivity index (χ1) is 14.5. The number of carbonyl (C=O) groups is 1. The zero-order chi connectivity index (χ0) is 21.5. The van der Waals surface area contributed by atoms with Gasteiger partial charge in [0.25, 0.3) is 5.91 Å². The summed E-state index contributed by atoms with van der Waals surface area (Å²) in [5.41, 5.74) is 2.89. The van der Waals surface area contributed by atoms with E-state index in [1.165, 1.54) is 18.2 Å². The van der Waals surface area contributed by atoms with E-state index >= 15 is 0 Å². The van der Waals surface area contributed by atoms with Crippen LogP contribution in [0.5, 0.6) is 5.75 Å². The lowest BCUT2D eigenvalue weighted by Gasteiger charge is -2.09. The molecule has 0 saturated heterocycles. The van der Waals surface area contributed by atoms with E-state index in [4.69, 9.17) is 16.3 Å². The number of rotatable bonds is 6. The van der Waals surface area contributed by atoms with Crippen LogP contribution < -0.4 is 10.1 Å². The number of anilines is 1. The summed E-state index contributed by atoms with van der Waals surface area (Å²) >= 11 is 6.28. The van der Waals surface area contributed by atoms with Gasteiger partial charge in [0.15, 0.2) is 0 Å². The second-order valence-corrected chi connectivity index (χ2v) is 6.95. The summed E-state index contributed by atoms with van der Waals surface area (Å²) in [4.78, 5) is 12.4. The summed E-state index contributed by atoms with van der Waals surface area (Å²) in [6.07, 6.45) is 1.46. The molecular formula is C24H18ClFN2O2. The normalized spacial score (nSPS) is 10.9. The van der Waals surface area contributed by atoms with Crippen LogP contribution in [-0.2, 0) is 11.4 Å². The van der Waals surface area contributed by atoms with Gasteiger partial charge in [-0.2, -0.15) is 5.26 Å². The molecule has 0 saturated carbocycles. The minimum atomic E-state index is -0.500. The first kappa shape index (κ1) is 21.1. The van der Waals surface area contributed by atoms with Crippen molar-refractivity contribution in [2.24, 2.45) is 0 Å². The van der Waals surface area contributed by atoms with Gasteiger partial charge >= 0.3 is 0 Å². The lowest BCUT2D eigenvalue weighted by molar-refractivity contribution is -0.112. The van der Waals surface area contributed by atoms with Crippen molar-refractivity contribution in [3.8, 4) is 11.8 Å². The third kappa shape index (κ3) is 5.47. The fraction of sp³-hybridized carbons (Fsp3) is 0.0833. The average Bonchev–Trinajstić information content (AvgIpc) is 2.74. The Morgan fingerprint density at radius 2 is 1.90 bits per heavy atom. The fourth-order valence-electron chi connectivity index (χ4n) is 2.68. The molecule has 30 heavy (non-hydrogen) atoms. The number of para-hydroxylation sites is 1. The van der Waals surface area contributed by atoms with Crippen molar-refractivity contribution < 1.29 is 13.9 Å². The Hall–Kier alpha value is -3.62. The molecular weight excluding hydrogens is 403 g/mol. The summed E-state index contributed by atoms with van der Waals surface area (Å²) in [7, 11) is 0. The lowest BCUT2D eigenvalue weighted by Crippen LogP contribution is -2.14. The molecule has 0 radical (unpaired) electrons. The topological polar surface area (TPSA) is 62.1 Å². The molecule has 0 spiro atoms. The van der Waals surface area contributed by atoms with Crippen molar-refractivity contribution in [3.63, 3.8) is 0 Å². The zero-order valence-corrected chi connectivity index (χ0v) is 16.9. The van der Waals surface area contributed by atoms with Crippen LogP contribution in [0.2, 0.25) is 5.02 Å². The van der Waals surface area contributed by atoms with Crippen molar-refractivity contribution in [1.29, 1.82) is 5.26 Å². The molecule has 3 rings (SSSR count). The van der Waals surface area contributed by atoms with Gasteiger partial charge in [-0.05, 0) is 60.0 Å². The van der Waals surface area contributed by atoms with Crippen molar-refractivity contribution in [3.05, 3.63) is 99.8 Å². The first-order valence-corrected chi connectivity index (χ1v) is 9.49. The minimum Gasteiger partial charge on any atom is -0.487 e. The van der Waals surface area contributed by atoms with Crippen LogP contribution in [0.15, 0.2) is 72.3 Å². The fourth-order valence-corrected chi connectivity index (χ4v) is 2.93. The Kier molecular flexibility index (Phi) is 6.84. The molecule has 1 amide bonds. The quantitative estimate of drug-likeness (QED) is 0.398. The Labute approximate surface area is 179 Å². The molecule has 0 aliphatic carbocycles. The van der Waals surface area contributed by atoms with E-state index in [1.54, 1.807) is 36.4 Å². The zero-order valence-electron chi connectivity index (χ0n) is 16.2. The van der Waals surface area contributed by atoms with Crippen LogP contribution in [-0.4, -0.2) is 5.91 Å². The lowest BCUT2D eigenvalue weighted by atomic mass is 10.1. The number of ether oxygens (including phenoxy) is 1. The van der Waals surface area contributed by atoms with Crippen molar-refractivity contribution in [2.45, 2.75) is 13.5 Å². The van der Waals surface area contributed by atoms with Crippen LogP contribution in [0.25, 0.3) is 6.08 Å². The Bertz CT molecular complexity index is 1130. The predicted molar refractivity (Wildman–Crippen MR) is 116 cm³/mol. The maximum Gasteiger partial charge on any atom is 0.266 e. The first-order valence-electron chi connectivity index (χ1n) is 9.12. The number of nitrogens with zero attached hydrogens (tertiary/aromatic N) is 1. The molecule has 3 aromatic carbocycles. The van der Waals surface area contributed by atoms with Gasteiger partial charge in [0.2, 0.25) is 0 Å². The largest absolute Gasteiger partial charge is 0.487 e. The molecule has 0 heterocycles. The van der Waals surface area contributed by atoms with Crippen molar-refractivity contribution >= 4 is 29.3 Å². The summed E-state index contributed by atoms with van der Waals surface area (Å²) in [5, 5.41) is 12.5. The minimum absolute atomic E-state index is 0.0469. The summed E-state index contributed by atoms with van der Waals surface area (Å²) in [6, 6.07) is 20.2. The maximum atomic E-state index is 13.0. The summed E-state index contributed by atoms with van der Waals surface area (Å²) < 4.78 is 18.6. The number of nitriles is 1. The van der Waals surface area contributed by atoms with E-state index in [9.17, 15) is 14.4 Å². The van der Waals surface area contributed by atoms with Gasteiger partial charge < -0.3 is 10.1 Å². The highest BCUT2D eigenvalue weighted by molar-refractivity contribution is 6.32. The van der Waals surface area contributed by atoms with Crippen LogP contribution >= 0.6 is 11.6 Å². The SMILES string of the molecule is Cc1ccccc1NC(=O)/C(C#N)=C/c1ccc(OCc2ccc(F)cc2)c(Cl)c1. The molecule has 0 bridgehead atoms. The highest BCUT2D eigenvalue weighted by Gasteiger charge is 2.11. The van der Waals surface area contributed by atoms with E-state index in [-0.39, 0.29) is 18.0 Å². The van der Waals surface area contributed by atoms with Gasteiger partial charge in [0.1, 0.15) is 29.8 Å². The van der Waals surface area contributed by atoms with E-state index in [0.29, 0.717) is 22.0 Å². The Morgan fingerprint density at radius 3 is 2.57 bits per heavy atom. The van der Waals surface area contributed by atoms with Crippen LogP contribution in [0.1, 0.15) is 16.7 Å². The number of nitrogens with one attached hydrogen (secondary N) is 1. The van der Waals surface area contributed by atoms with Crippen molar-refractivity contribution in [1.82, 2.24) is 0 Å². The van der Waals surface area contributed by atoms with Gasteiger partial charge in [-0.15, -0.1) is 0 Å². The summed E-state index contributed by atoms with van der Waals surface area (Å²) in [6.45, 7) is 2.10. The molecule has 0 unspecified atom stereocenters. The molecule has 4 nitrogen and oxygen atoms in total. The van der Waals surface area contributed by atoms with Gasteiger partial charge in [-0.3, -0.25) is 4.79 Å². The number of amides is 1. The average molecular weight is 421 g/mol. The molecule has 1 N–H and O–H groups in total. The number of aryl methyl sites for hydroxylation is 1. The van der Waals surface area contributed by atoms with Gasteiger partial charge in [0.05, 0.1) is 5.02 Å². The van der Waals surface area contributed by atoms with E-state index in [0.717, 1.165) is 11.1 Å². The molecule has 0 fully saturated rings. The number of halogens is 2.